The number of thiazole rings is 1. The average molecular weight is 448 g/mol. The molecule has 0 fully saturated rings. The van der Waals surface area contributed by atoms with Gasteiger partial charge in [-0.3, -0.25) is 9.59 Å². The molecule has 0 aliphatic rings. The molecule has 8 heteroatoms. The molecular weight excluding hydrogens is 434 g/mol. The number of anilines is 1. The number of fused-ring (bicyclic) bond motifs is 2. The summed E-state index contributed by atoms with van der Waals surface area (Å²) >= 11 is 7.57. The minimum atomic E-state index is -0.688. The number of halogens is 1. The van der Waals surface area contributed by atoms with Crippen molar-refractivity contribution in [2.24, 2.45) is 0 Å². The summed E-state index contributed by atoms with van der Waals surface area (Å²) in [6.07, 6.45) is 0. The second-order valence-corrected chi connectivity index (χ2v) is 8.35. The van der Waals surface area contributed by atoms with Gasteiger partial charge in [0, 0.05) is 21.7 Å². The van der Waals surface area contributed by atoms with Crippen LogP contribution in [0.5, 0.6) is 5.75 Å². The summed E-state index contributed by atoms with van der Waals surface area (Å²) in [5.74, 6) is -1.03. The molecule has 5 aromatic rings. The molecule has 0 radical (unpaired) electrons. The van der Waals surface area contributed by atoms with Crippen molar-refractivity contribution in [1.29, 1.82) is 0 Å². The highest BCUT2D eigenvalue weighted by atomic mass is 35.5. The van der Waals surface area contributed by atoms with Crippen LogP contribution >= 0.6 is 22.9 Å². The Balaban J connectivity index is 1.42. The Morgan fingerprint density at radius 1 is 1.06 bits per heavy atom. The smallest absolute Gasteiger partial charge is 0.265 e. The number of H-pyrrole nitrogens is 1. The molecule has 0 bridgehead atoms. The number of aromatic amines is 1. The van der Waals surface area contributed by atoms with E-state index < -0.39 is 11.5 Å². The lowest BCUT2D eigenvalue weighted by molar-refractivity contribution is 0.102. The van der Waals surface area contributed by atoms with E-state index in [9.17, 15) is 14.7 Å². The van der Waals surface area contributed by atoms with Crippen LogP contribution in [0.15, 0.2) is 71.5 Å². The van der Waals surface area contributed by atoms with Crippen molar-refractivity contribution < 1.29 is 9.90 Å². The van der Waals surface area contributed by atoms with Gasteiger partial charge in [0.05, 0.1) is 15.7 Å². The zero-order valence-corrected chi connectivity index (χ0v) is 17.4. The summed E-state index contributed by atoms with van der Waals surface area (Å²) in [5.41, 5.74) is 1.73. The van der Waals surface area contributed by atoms with Crippen molar-refractivity contribution in [2.75, 3.05) is 5.32 Å². The summed E-state index contributed by atoms with van der Waals surface area (Å²) in [5, 5.41) is 15.0. The van der Waals surface area contributed by atoms with Crippen LogP contribution in [0.3, 0.4) is 0 Å². The largest absolute Gasteiger partial charge is 0.506 e. The number of carbonyl (C=O) groups excluding carboxylic acids is 1. The Labute approximate surface area is 184 Å². The van der Waals surface area contributed by atoms with Crippen LogP contribution in [0.4, 0.5) is 5.69 Å². The molecular formula is C23H14ClN3O3S. The predicted octanol–water partition coefficient (Wildman–Crippen LogP) is 5.42. The van der Waals surface area contributed by atoms with Gasteiger partial charge in [-0.05, 0) is 54.6 Å². The predicted molar refractivity (Wildman–Crippen MR) is 124 cm³/mol. The lowest BCUT2D eigenvalue weighted by Gasteiger charge is -2.09. The maximum absolute atomic E-state index is 12.7. The second-order valence-electron chi connectivity index (χ2n) is 6.89. The number of amides is 1. The number of aromatic nitrogens is 2. The van der Waals surface area contributed by atoms with E-state index in [0.717, 1.165) is 20.8 Å². The Hall–Kier alpha value is -3.68. The Morgan fingerprint density at radius 3 is 2.65 bits per heavy atom. The molecule has 2 heterocycles. The van der Waals surface area contributed by atoms with Crippen LogP contribution in [-0.4, -0.2) is 21.0 Å². The van der Waals surface area contributed by atoms with E-state index >= 15 is 0 Å². The molecule has 0 saturated heterocycles. The molecule has 0 saturated carbocycles. The first-order valence-electron chi connectivity index (χ1n) is 9.31. The second kappa shape index (κ2) is 7.54. The standard InChI is InChI=1S/C23H14ClN3O3S/c24-13-7-10-17-18(11-13)31-23(27-17)12-5-8-14(9-6-12)25-21(29)19-20(28)15-3-1-2-4-16(15)26-22(19)30/h1-11H,(H,25,29)(H2,26,28,30). The number of rotatable bonds is 3. The van der Waals surface area contributed by atoms with Crippen LogP contribution in [0.25, 0.3) is 31.7 Å². The minimum absolute atomic E-state index is 0.328. The number of para-hydroxylation sites is 1. The summed E-state index contributed by atoms with van der Waals surface area (Å²) in [7, 11) is 0. The fraction of sp³-hybridized carbons (Fsp3) is 0. The molecule has 0 aliphatic carbocycles. The molecule has 0 unspecified atom stereocenters. The summed E-state index contributed by atoms with van der Waals surface area (Å²) < 4.78 is 0.992. The Bertz CT molecular complexity index is 1520. The normalized spacial score (nSPS) is 11.1. The van der Waals surface area contributed by atoms with E-state index in [4.69, 9.17) is 11.6 Å². The summed E-state index contributed by atoms with van der Waals surface area (Å²) in [4.78, 5) is 32.3. The topological polar surface area (TPSA) is 95.1 Å². The lowest BCUT2D eigenvalue weighted by Crippen LogP contribution is -2.23. The van der Waals surface area contributed by atoms with Crippen molar-refractivity contribution in [2.45, 2.75) is 0 Å². The van der Waals surface area contributed by atoms with Crippen LogP contribution in [0.1, 0.15) is 10.4 Å². The first kappa shape index (κ1) is 19.3. The molecule has 0 aliphatic heterocycles. The number of hydrogen-bond donors (Lipinski definition) is 3. The Kier molecular flexibility index (Phi) is 4.69. The van der Waals surface area contributed by atoms with E-state index in [-0.39, 0.29) is 11.3 Å². The van der Waals surface area contributed by atoms with Crippen LogP contribution in [-0.2, 0) is 0 Å². The van der Waals surface area contributed by atoms with Crippen molar-refractivity contribution in [3.63, 3.8) is 0 Å². The van der Waals surface area contributed by atoms with Gasteiger partial charge in [-0.15, -0.1) is 11.3 Å². The number of hydrogen-bond acceptors (Lipinski definition) is 5. The van der Waals surface area contributed by atoms with Gasteiger partial charge in [-0.1, -0.05) is 23.7 Å². The first-order chi connectivity index (χ1) is 15.0. The van der Waals surface area contributed by atoms with E-state index in [1.54, 1.807) is 42.5 Å². The number of nitrogens with one attached hydrogen (secondary N) is 2. The molecule has 0 atom stereocenters. The quantitative estimate of drug-likeness (QED) is 0.344. The highest BCUT2D eigenvalue weighted by Crippen LogP contribution is 2.32. The van der Waals surface area contributed by atoms with Gasteiger partial charge in [-0.2, -0.15) is 0 Å². The minimum Gasteiger partial charge on any atom is -0.506 e. The van der Waals surface area contributed by atoms with Crippen molar-refractivity contribution >= 4 is 55.7 Å². The van der Waals surface area contributed by atoms with Crippen molar-refractivity contribution in [3.8, 4) is 16.3 Å². The van der Waals surface area contributed by atoms with Crippen LogP contribution in [0, 0.1) is 0 Å². The summed E-state index contributed by atoms with van der Waals surface area (Å²) in [6.45, 7) is 0. The van der Waals surface area contributed by atoms with Gasteiger partial charge in [0.15, 0.2) is 0 Å². The highest BCUT2D eigenvalue weighted by molar-refractivity contribution is 7.21. The van der Waals surface area contributed by atoms with E-state index in [1.165, 1.54) is 11.3 Å². The third-order valence-corrected chi connectivity index (χ3v) is 6.16. The van der Waals surface area contributed by atoms with E-state index in [1.807, 2.05) is 24.3 Å². The first-order valence-corrected chi connectivity index (χ1v) is 10.5. The molecule has 1 amide bonds. The maximum atomic E-state index is 12.7. The number of nitrogens with zero attached hydrogens (tertiary/aromatic N) is 1. The molecule has 5 rings (SSSR count). The monoisotopic (exact) mass is 447 g/mol. The molecule has 152 valence electrons. The SMILES string of the molecule is O=C(Nc1ccc(-c2nc3ccc(Cl)cc3s2)cc1)c1c(O)c2ccccc2[nH]c1=O. The average Bonchev–Trinajstić information content (AvgIpc) is 3.17. The molecule has 31 heavy (non-hydrogen) atoms. The molecule has 3 aromatic carbocycles. The van der Waals surface area contributed by atoms with Gasteiger partial charge in [-0.25, -0.2) is 4.98 Å². The van der Waals surface area contributed by atoms with Gasteiger partial charge in [0.1, 0.15) is 16.3 Å². The molecule has 0 spiro atoms. The fourth-order valence-corrected chi connectivity index (χ4v) is 4.60. The zero-order chi connectivity index (χ0) is 21.5. The fourth-order valence-electron chi connectivity index (χ4n) is 3.35. The van der Waals surface area contributed by atoms with E-state index in [2.05, 4.69) is 15.3 Å². The van der Waals surface area contributed by atoms with Gasteiger partial charge in [0.25, 0.3) is 11.5 Å². The highest BCUT2D eigenvalue weighted by Gasteiger charge is 2.19. The van der Waals surface area contributed by atoms with Gasteiger partial charge < -0.3 is 15.4 Å². The van der Waals surface area contributed by atoms with Crippen molar-refractivity contribution in [1.82, 2.24) is 9.97 Å². The van der Waals surface area contributed by atoms with Crippen LogP contribution < -0.4 is 10.9 Å². The van der Waals surface area contributed by atoms with Crippen LogP contribution in [0.2, 0.25) is 5.02 Å². The number of carbonyl (C=O) groups is 1. The number of benzene rings is 3. The maximum Gasteiger partial charge on any atom is 0.265 e. The molecule has 2 aromatic heterocycles. The zero-order valence-electron chi connectivity index (χ0n) is 15.8. The summed E-state index contributed by atoms with van der Waals surface area (Å²) in [6, 6.07) is 19.4. The third kappa shape index (κ3) is 3.54. The molecule has 3 N–H and O–H groups in total. The third-order valence-electron chi connectivity index (χ3n) is 4.86. The number of pyridine rings is 1. The van der Waals surface area contributed by atoms with Gasteiger partial charge in [0.2, 0.25) is 0 Å². The number of aromatic hydroxyl groups is 1. The lowest BCUT2D eigenvalue weighted by atomic mass is 10.1. The van der Waals surface area contributed by atoms with Crippen molar-refractivity contribution in [3.05, 3.63) is 87.7 Å². The van der Waals surface area contributed by atoms with Gasteiger partial charge >= 0.3 is 0 Å². The molecule has 6 nitrogen and oxygen atoms in total. The van der Waals surface area contributed by atoms with E-state index in [0.29, 0.717) is 21.6 Å². The Morgan fingerprint density at radius 2 is 1.84 bits per heavy atom.